The van der Waals surface area contributed by atoms with Crippen molar-refractivity contribution in [1.29, 1.82) is 0 Å². The highest BCUT2D eigenvalue weighted by molar-refractivity contribution is 5.96. The quantitative estimate of drug-likeness (QED) is 0.851. The molecule has 0 fully saturated rings. The lowest BCUT2D eigenvalue weighted by molar-refractivity contribution is -0.120. The summed E-state index contributed by atoms with van der Waals surface area (Å²) in [5.74, 6) is 0.881. The number of hydrogen-bond donors (Lipinski definition) is 2. The number of carbonyl (C=O) groups is 2. The van der Waals surface area contributed by atoms with E-state index in [0.717, 1.165) is 16.7 Å². The second kappa shape index (κ2) is 8.12. The molecule has 0 aliphatic carbocycles. The number of rotatable bonds is 5. The van der Waals surface area contributed by atoms with Crippen LogP contribution in [0.5, 0.6) is 11.5 Å². The average molecular weight is 368 g/mol. The van der Waals surface area contributed by atoms with Gasteiger partial charge in [-0.15, -0.1) is 0 Å². The Morgan fingerprint density at radius 1 is 1.00 bits per heavy atom. The fourth-order valence-corrected chi connectivity index (χ4v) is 3.07. The van der Waals surface area contributed by atoms with Crippen LogP contribution in [0, 0.1) is 13.8 Å². The number of amides is 2. The molecule has 0 aromatic heterocycles. The Bertz CT molecular complexity index is 843. The van der Waals surface area contributed by atoms with Crippen molar-refractivity contribution in [3.05, 3.63) is 58.7 Å². The van der Waals surface area contributed by atoms with Crippen LogP contribution in [0.4, 0.5) is 0 Å². The van der Waals surface area contributed by atoms with E-state index in [0.29, 0.717) is 30.3 Å². The molecule has 1 atom stereocenters. The number of aryl methyl sites for hydroxylation is 2. The standard InChI is InChI=1S/C21H24N2O4/c1-13-8-14(2)10-17(9-13)21(25)22-12-20(24)23-15(3)16-4-5-18-19(11-16)27-7-6-26-18/h4-5,8-11,15H,6-7,12H2,1-3H3,(H,22,25)(H,23,24)/t15-/m0/s1. The van der Waals surface area contributed by atoms with Gasteiger partial charge in [0.05, 0.1) is 12.6 Å². The van der Waals surface area contributed by atoms with Gasteiger partial charge < -0.3 is 20.1 Å². The molecule has 2 amide bonds. The molecule has 0 bridgehead atoms. The van der Waals surface area contributed by atoms with E-state index in [-0.39, 0.29) is 24.4 Å². The molecule has 6 heteroatoms. The molecular weight excluding hydrogens is 344 g/mol. The number of nitrogens with one attached hydrogen (secondary N) is 2. The molecule has 0 spiro atoms. The van der Waals surface area contributed by atoms with Crippen molar-refractivity contribution >= 4 is 11.8 Å². The summed E-state index contributed by atoms with van der Waals surface area (Å²) in [5, 5.41) is 5.55. The van der Waals surface area contributed by atoms with Crippen molar-refractivity contribution in [2.24, 2.45) is 0 Å². The summed E-state index contributed by atoms with van der Waals surface area (Å²) in [4.78, 5) is 24.5. The second-order valence-electron chi connectivity index (χ2n) is 6.75. The number of ether oxygens (including phenoxy) is 2. The molecule has 1 heterocycles. The van der Waals surface area contributed by atoms with E-state index in [2.05, 4.69) is 10.6 Å². The Morgan fingerprint density at radius 2 is 1.67 bits per heavy atom. The molecule has 0 unspecified atom stereocenters. The zero-order valence-electron chi connectivity index (χ0n) is 15.8. The number of fused-ring (bicyclic) bond motifs is 1. The largest absolute Gasteiger partial charge is 0.486 e. The molecule has 3 rings (SSSR count). The van der Waals surface area contributed by atoms with Crippen LogP contribution in [0.2, 0.25) is 0 Å². The Hall–Kier alpha value is -3.02. The minimum atomic E-state index is -0.260. The van der Waals surface area contributed by atoms with E-state index in [1.54, 1.807) is 12.1 Å². The lowest BCUT2D eigenvalue weighted by Gasteiger charge is -2.21. The molecule has 1 aliphatic heterocycles. The van der Waals surface area contributed by atoms with Gasteiger partial charge in [-0.2, -0.15) is 0 Å². The Balaban J connectivity index is 1.55. The molecule has 2 aromatic rings. The van der Waals surface area contributed by atoms with Gasteiger partial charge in [-0.1, -0.05) is 23.3 Å². The summed E-state index contributed by atoms with van der Waals surface area (Å²) in [7, 11) is 0. The topological polar surface area (TPSA) is 76.7 Å². The van der Waals surface area contributed by atoms with Crippen LogP contribution in [-0.4, -0.2) is 31.6 Å². The second-order valence-corrected chi connectivity index (χ2v) is 6.75. The number of carbonyl (C=O) groups excluding carboxylic acids is 2. The van der Waals surface area contributed by atoms with Crippen LogP contribution in [0.1, 0.15) is 40.0 Å². The zero-order chi connectivity index (χ0) is 19.4. The van der Waals surface area contributed by atoms with Gasteiger partial charge in [0.25, 0.3) is 5.91 Å². The van der Waals surface area contributed by atoms with Crippen LogP contribution in [-0.2, 0) is 4.79 Å². The first-order valence-electron chi connectivity index (χ1n) is 8.98. The van der Waals surface area contributed by atoms with E-state index in [1.807, 2.05) is 45.0 Å². The van der Waals surface area contributed by atoms with Crippen LogP contribution in [0.25, 0.3) is 0 Å². The van der Waals surface area contributed by atoms with E-state index in [9.17, 15) is 9.59 Å². The van der Waals surface area contributed by atoms with Gasteiger partial charge >= 0.3 is 0 Å². The lowest BCUT2D eigenvalue weighted by atomic mass is 10.1. The van der Waals surface area contributed by atoms with Crippen molar-refractivity contribution in [3.63, 3.8) is 0 Å². The van der Waals surface area contributed by atoms with Crippen molar-refractivity contribution in [3.8, 4) is 11.5 Å². The van der Waals surface area contributed by atoms with Gasteiger partial charge in [0.15, 0.2) is 11.5 Å². The predicted octanol–water partition coefficient (Wildman–Crippen LogP) is 2.68. The summed E-state index contributed by atoms with van der Waals surface area (Å²) in [5.41, 5.74) is 3.49. The van der Waals surface area contributed by atoms with Crippen molar-refractivity contribution in [2.75, 3.05) is 19.8 Å². The van der Waals surface area contributed by atoms with Crippen LogP contribution >= 0.6 is 0 Å². The third kappa shape index (κ3) is 4.78. The fraction of sp³-hybridized carbons (Fsp3) is 0.333. The SMILES string of the molecule is Cc1cc(C)cc(C(=O)NCC(=O)N[C@@H](C)c2ccc3c(c2)OCCO3)c1. The summed E-state index contributed by atoms with van der Waals surface area (Å²) in [6.45, 7) is 6.73. The van der Waals surface area contributed by atoms with Crippen molar-refractivity contribution in [1.82, 2.24) is 10.6 Å². The normalized spacial score (nSPS) is 13.6. The summed E-state index contributed by atoms with van der Waals surface area (Å²) >= 11 is 0. The van der Waals surface area contributed by atoms with Crippen LogP contribution in [0.15, 0.2) is 36.4 Å². The first-order chi connectivity index (χ1) is 12.9. The molecule has 6 nitrogen and oxygen atoms in total. The van der Waals surface area contributed by atoms with Gasteiger partial charge in [-0.25, -0.2) is 0 Å². The summed E-state index contributed by atoms with van der Waals surface area (Å²) in [6, 6.07) is 11.0. The Morgan fingerprint density at radius 3 is 2.37 bits per heavy atom. The lowest BCUT2D eigenvalue weighted by Crippen LogP contribution is -2.38. The maximum absolute atomic E-state index is 12.2. The van der Waals surface area contributed by atoms with Crippen molar-refractivity contribution < 1.29 is 19.1 Å². The first-order valence-corrected chi connectivity index (χ1v) is 8.98. The molecule has 1 aliphatic rings. The maximum atomic E-state index is 12.2. The first kappa shape index (κ1) is 18.8. The molecule has 0 radical (unpaired) electrons. The molecule has 2 N–H and O–H groups in total. The van der Waals surface area contributed by atoms with Crippen molar-refractivity contribution in [2.45, 2.75) is 26.8 Å². The Labute approximate surface area is 158 Å². The highest BCUT2D eigenvalue weighted by Crippen LogP contribution is 2.32. The van der Waals surface area contributed by atoms with Gasteiger partial charge in [0.2, 0.25) is 5.91 Å². The van der Waals surface area contributed by atoms with E-state index in [1.165, 1.54) is 0 Å². The molecular formula is C21H24N2O4. The molecule has 2 aromatic carbocycles. The van der Waals surface area contributed by atoms with E-state index in [4.69, 9.17) is 9.47 Å². The fourth-order valence-electron chi connectivity index (χ4n) is 3.07. The third-order valence-corrected chi connectivity index (χ3v) is 4.34. The highest BCUT2D eigenvalue weighted by Gasteiger charge is 2.16. The molecule has 27 heavy (non-hydrogen) atoms. The molecule has 0 saturated heterocycles. The van der Waals surface area contributed by atoms with E-state index >= 15 is 0 Å². The van der Waals surface area contributed by atoms with Gasteiger partial charge in [0, 0.05) is 5.56 Å². The molecule has 0 saturated carbocycles. The highest BCUT2D eigenvalue weighted by atomic mass is 16.6. The average Bonchev–Trinajstić information content (AvgIpc) is 2.64. The maximum Gasteiger partial charge on any atom is 0.251 e. The smallest absolute Gasteiger partial charge is 0.251 e. The number of hydrogen-bond acceptors (Lipinski definition) is 4. The summed E-state index contributed by atoms with van der Waals surface area (Å²) in [6.07, 6.45) is 0. The van der Waals surface area contributed by atoms with Crippen LogP contribution in [0.3, 0.4) is 0 Å². The number of benzene rings is 2. The third-order valence-electron chi connectivity index (χ3n) is 4.34. The van der Waals surface area contributed by atoms with Crippen LogP contribution < -0.4 is 20.1 Å². The Kier molecular flexibility index (Phi) is 5.64. The van der Waals surface area contributed by atoms with Gasteiger partial charge in [0.1, 0.15) is 13.2 Å². The summed E-state index contributed by atoms with van der Waals surface area (Å²) < 4.78 is 11.1. The minimum absolute atomic E-state index is 0.0826. The predicted molar refractivity (Wildman–Crippen MR) is 102 cm³/mol. The molecule has 142 valence electrons. The zero-order valence-corrected chi connectivity index (χ0v) is 15.8. The van der Waals surface area contributed by atoms with Gasteiger partial charge in [-0.05, 0) is 50.6 Å². The van der Waals surface area contributed by atoms with Gasteiger partial charge in [-0.3, -0.25) is 9.59 Å². The monoisotopic (exact) mass is 368 g/mol. The van der Waals surface area contributed by atoms with E-state index < -0.39 is 0 Å². The minimum Gasteiger partial charge on any atom is -0.486 e.